The van der Waals surface area contributed by atoms with Crippen molar-refractivity contribution < 1.29 is 4.74 Å². The summed E-state index contributed by atoms with van der Waals surface area (Å²) in [5.74, 6) is 0. The molecule has 6 heteroatoms. The molecule has 1 aromatic rings. The SMILES string of the molecule is CCc1nn(CC)c(CN2CC(CBr)OCC2C)c1Cl. The molecule has 2 heterocycles. The van der Waals surface area contributed by atoms with Crippen LogP contribution in [-0.2, 0) is 24.2 Å². The molecule has 1 aliphatic rings. The number of nitrogens with zero attached hydrogens (tertiary/aromatic N) is 3. The second kappa shape index (κ2) is 7.25. The largest absolute Gasteiger partial charge is 0.374 e. The molecule has 1 aliphatic heterocycles. The molecule has 0 aromatic carbocycles. The van der Waals surface area contributed by atoms with Crippen LogP contribution in [0.3, 0.4) is 0 Å². The Balaban J connectivity index is 2.17. The highest BCUT2D eigenvalue weighted by atomic mass is 79.9. The van der Waals surface area contributed by atoms with Crippen molar-refractivity contribution in [2.24, 2.45) is 0 Å². The predicted molar refractivity (Wildman–Crippen MR) is 85.7 cm³/mol. The number of hydrogen-bond donors (Lipinski definition) is 0. The van der Waals surface area contributed by atoms with E-state index in [9.17, 15) is 0 Å². The van der Waals surface area contributed by atoms with Crippen LogP contribution in [0.15, 0.2) is 0 Å². The van der Waals surface area contributed by atoms with Crippen LogP contribution in [0.25, 0.3) is 0 Å². The topological polar surface area (TPSA) is 30.3 Å². The van der Waals surface area contributed by atoms with Crippen LogP contribution in [0.1, 0.15) is 32.2 Å². The van der Waals surface area contributed by atoms with Gasteiger partial charge in [-0.05, 0) is 20.3 Å². The normalized spacial score (nSPS) is 24.2. The first kappa shape index (κ1) is 16.3. The molecule has 0 aliphatic carbocycles. The summed E-state index contributed by atoms with van der Waals surface area (Å²) < 4.78 is 7.81. The highest BCUT2D eigenvalue weighted by molar-refractivity contribution is 9.09. The summed E-state index contributed by atoms with van der Waals surface area (Å²) in [5, 5.41) is 6.30. The molecule has 2 atom stereocenters. The monoisotopic (exact) mass is 363 g/mol. The van der Waals surface area contributed by atoms with Gasteiger partial charge >= 0.3 is 0 Å². The summed E-state index contributed by atoms with van der Waals surface area (Å²) in [5.41, 5.74) is 2.13. The molecule has 2 rings (SSSR count). The van der Waals surface area contributed by atoms with Gasteiger partial charge in [-0.1, -0.05) is 34.5 Å². The summed E-state index contributed by atoms with van der Waals surface area (Å²) in [6, 6.07) is 0.409. The molecular formula is C14H23BrClN3O. The Bertz CT molecular complexity index is 452. The molecule has 2 unspecified atom stereocenters. The van der Waals surface area contributed by atoms with E-state index in [0.29, 0.717) is 6.04 Å². The first-order chi connectivity index (χ1) is 9.60. The van der Waals surface area contributed by atoms with Crippen molar-refractivity contribution in [3.05, 3.63) is 16.4 Å². The molecule has 0 amide bonds. The van der Waals surface area contributed by atoms with Gasteiger partial charge in [-0.15, -0.1) is 0 Å². The van der Waals surface area contributed by atoms with Gasteiger partial charge in [0, 0.05) is 31.0 Å². The lowest BCUT2D eigenvalue weighted by molar-refractivity contribution is -0.0507. The van der Waals surface area contributed by atoms with E-state index in [0.717, 1.165) is 54.4 Å². The Labute approximate surface area is 134 Å². The van der Waals surface area contributed by atoms with Crippen LogP contribution in [0.2, 0.25) is 5.02 Å². The van der Waals surface area contributed by atoms with E-state index in [1.54, 1.807) is 0 Å². The first-order valence-electron chi connectivity index (χ1n) is 7.26. The zero-order valence-corrected chi connectivity index (χ0v) is 14.7. The van der Waals surface area contributed by atoms with Gasteiger partial charge in [0.25, 0.3) is 0 Å². The van der Waals surface area contributed by atoms with Gasteiger partial charge in [0.15, 0.2) is 0 Å². The van der Waals surface area contributed by atoms with Crippen LogP contribution < -0.4 is 0 Å². The highest BCUT2D eigenvalue weighted by Crippen LogP contribution is 2.25. The van der Waals surface area contributed by atoms with Gasteiger partial charge in [-0.25, -0.2) is 0 Å². The van der Waals surface area contributed by atoms with Gasteiger partial charge in [0.2, 0.25) is 0 Å². The smallest absolute Gasteiger partial charge is 0.0863 e. The van der Waals surface area contributed by atoms with Crippen LogP contribution in [0, 0.1) is 0 Å². The molecule has 20 heavy (non-hydrogen) atoms. The average Bonchev–Trinajstić information content (AvgIpc) is 2.77. The minimum Gasteiger partial charge on any atom is -0.374 e. The number of rotatable bonds is 5. The molecule has 0 radical (unpaired) electrons. The predicted octanol–water partition coefficient (Wildman–Crippen LogP) is 3.10. The number of aryl methyl sites for hydroxylation is 2. The van der Waals surface area contributed by atoms with Gasteiger partial charge in [0.1, 0.15) is 0 Å². The lowest BCUT2D eigenvalue weighted by Gasteiger charge is -2.37. The van der Waals surface area contributed by atoms with E-state index in [1.807, 2.05) is 4.68 Å². The average molecular weight is 365 g/mol. The van der Waals surface area contributed by atoms with Crippen LogP contribution in [0.4, 0.5) is 0 Å². The van der Waals surface area contributed by atoms with Crippen molar-refractivity contribution in [1.82, 2.24) is 14.7 Å². The third-order valence-electron chi connectivity index (χ3n) is 3.85. The summed E-state index contributed by atoms with van der Waals surface area (Å²) in [4.78, 5) is 2.43. The minimum atomic E-state index is 0.258. The molecular weight excluding hydrogens is 342 g/mol. The van der Waals surface area contributed by atoms with E-state index >= 15 is 0 Å². The summed E-state index contributed by atoms with van der Waals surface area (Å²) in [7, 11) is 0. The lowest BCUT2D eigenvalue weighted by Crippen LogP contribution is -2.48. The van der Waals surface area contributed by atoms with Crippen molar-refractivity contribution in [2.45, 2.75) is 52.4 Å². The number of hydrogen-bond acceptors (Lipinski definition) is 3. The fourth-order valence-electron chi connectivity index (χ4n) is 2.55. The zero-order valence-electron chi connectivity index (χ0n) is 12.4. The highest BCUT2D eigenvalue weighted by Gasteiger charge is 2.27. The van der Waals surface area contributed by atoms with Crippen molar-refractivity contribution in [2.75, 3.05) is 18.5 Å². The second-order valence-corrected chi connectivity index (χ2v) is 6.29. The van der Waals surface area contributed by atoms with E-state index in [1.165, 1.54) is 0 Å². The molecule has 114 valence electrons. The number of aromatic nitrogens is 2. The van der Waals surface area contributed by atoms with Crippen molar-refractivity contribution in [1.29, 1.82) is 0 Å². The van der Waals surface area contributed by atoms with Crippen molar-refractivity contribution in [3.8, 4) is 0 Å². The number of alkyl halides is 1. The molecule has 0 saturated carbocycles. The zero-order chi connectivity index (χ0) is 14.7. The standard InChI is InChI=1S/C14H23BrClN3O/c1-4-12-14(16)13(19(5-2)17-12)8-18-7-11(6-15)20-9-10(18)3/h10-11H,4-9H2,1-3H3. The maximum atomic E-state index is 6.50. The molecule has 4 nitrogen and oxygen atoms in total. The summed E-state index contributed by atoms with van der Waals surface area (Å²) in [6.07, 6.45) is 1.13. The van der Waals surface area contributed by atoms with E-state index in [4.69, 9.17) is 16.3 Å². The minimum absolute atomic E-state index is 0.258. The van der Waals surface area contributed by atoms with Gasteiger partial charge in [-0.3, -0.25) is 9.58 Å². The Morgan fingerprint density at radius 1 is 1.45 bits per heavy atom. The van der Waals surface area contributed by atoms with Crippen LogP contribution in [0.5, 0.6) is 0 Å². The Morgan fingerprint density at radius 2 is 2.20 bits per heavy atom. The Kier molecular flexibility index (Phi) is 5.90. The third-order valence-corrected chi connectivity index (χ3v) is 5.01. The molecule has 1 aromatic heterocycles. The maximum Gasteiger partial charge on any atom is 0.0863 e. The second-order valence-electron chi connectivity index (χ2n) is 5.26. The molecule has 1 fully saturated rings. The molecule has 0 N–H and O–H groups in total. The maximum absolute atomic E-state index is 6.50. The Morgan fingerprint density at radius 3 is 2.80 bits per heavy atom. The first-order valence-corrected chi connectivity index (χ1v) is 8.76. The fraction of sp³-hybridized carbons (Fsp3) is 0.786. The number of ether oxygens (including phenoxy) is 1. The quantitative estimate of drug-likeness (QED) is 0.752. The fourth-order valence-corrected chi connectivity index (χ4v) is 3.27. The summed E-state index contributed by atoms with van der Waals surface area (Å²) in [6.45, 7) is 9.80. The lowest BCUT2D eigenvalue weighted by atomic mass is 10.2. The van der Waals surface area contributed by atoms with Gasteiger partial charge < -0.3 is 4.74 Å². The van der Waals surface area contributed by atoms with Crippen LogP contribution in [-0.4, -0.2) is 45.3 Å². The van der Waals surface area contributed by atoms with E-state index in [-0.39, 0.29) is 6.10 Å². The molecule has 0 bridgehead atoms. The van der Waals surface area contributed by atoms with Crippen molar-refractivity contribution >= 4 is 27.5 Å². The number of morpholine rings is 1. The Hall–Kier alpha value is -0.100. The third kappa shape index (κ3) is 3.38. The van der Waals surface area contributed by atoms with Crippen molar-refractivity contribution in [3.63, 3.8) is 0 Å². The molecule has 1 saturated heterocycles. The van der Waals surface area contributed by atoms with Crippen LogP contribution >= 0.6 is 27.5 Å². The van der Waals surface area contributed by atoms with E-state index in [2.05, 4.69) is 46.7 Å². The van der Waals surface area contributed by atoms with E-state index < -0.39 is 0 Å². The van der Waals surface area contributed by atoms with Gasteiger partial charge in [-0.2, -0.15) is 5.10 Å². The summed E-state index contributed by atoms with van der Waals surface area (Å²) >= 11 is 10.0. The number of halogens is 2. The van der Waals surface area contributed by atoms with Gasteiger partial charge in [0.05, 0.1) is 29.1 Å². The molecule has 0 spiro atoms.